The lowest BCUT2D eigenvalue weighted by atomic mass is 10.1. The van der Waals surface area contributed by atoms with Crippen LogP contribution in [0.25, 0.3) is 17.0 Å². The van der Waals surface area contributed by atoms with Gasteiger partial charge in [-0.1, -0.05) is 29.8 Å². The van der Waals surface area contributed by atoms with Gasteiger partial charge in [-0.3, -0.25) is 9.59 Å². The summed E-state index contributed by atoms with van der Waals surface area (Å²) < 4.78 is 5.42. The summed E-state index contributed by atoms with van der Waals surface area (Å²) >= 11 is 0. The molecular weight excluding hydrogens is 302 g/mol. The van der Waals surface area contributed by atoms with E-state index >= 15 is 0 Å². The number of hydrogen-bond donors (Lipinski definition) is 1. The fourth-order valence-electron chi connectivity index (χ4n) is 2.50. The first-order valence-corrected chi connectivity index (χ1v) is 7.61. The molecule has 0 bridgehead atoms. The minimum absolute atomic E-state index is 0.160. The zero-order valence-corrected chi connectivity index (χ0v) is 13.5. The number of fused-ring (bicyclic) bond motifs is 1. The van der Waals surface area contributed by atoms with Crippen molar-refractivity contribution in [3.63, 3.8) is 0 Å². The Morgan fingerprint density at radius 3 is 2.71 bits per heavy atom. The molecule has 0 radical (unpaired) electrons. The third-order valence-electron chi connectivity index (χ3n) is 3.76. The quantitative estimate of drug-likeness (QED) is 0.741. The number of anilines is 1. The number of benzene rings is 2. The summed E-state index contributed by atoms with van der Waals surface area (Å²) in [5, 5.41) is 3.30. The van der Waals surface area contributed by atoms with Gasteiger partial charge in [-0.05, 0) is 43.7 Å². The van der Waals surface area contributed by atoms with Gasteiger partial charge in [0.05, 0.1) is 10.9 Å². The molecule has 1 heterocycles. The van der Waals surface area contributed by atoms with Crippen LogP contribution in [-0.2, 0) is 4.79 Å². The molecule has 1 aromatic heterocycles. The van der Waals surface area contributed by atoms with E-state index in [0.29, 0.717) is 16.5 Å². The fourth-order valence-corrected chi connectivity index (χ4v) is 2.50. The van der Waals surface area contributed by atoms with Gasteiger partial charge in [0.25, 0.3) is 0 Å². The van der Waals surface area contributed by atoms with E-state index in [0.717, 1.165) is 16.8 Å². The first-order chi connectivity index (χ1) is 11.5. The summed E-state index contributed by atoms with van der Waals surface area (Å²) in [5.74, 6) is -0.297. The topological polar surface area (TPSA) is 59.3 Å². The largest absolute Gasteiger partial charge is 0.463 e. The molecule has 0 atom stereocenters. The molecule has 4 nitrogen and oxygen atoms in total. The van der Waals surface area contributed by atoms with Crippen LogP contribution in [0.5, 0.6) is 0 Å². The molecule has 4 heteroatoms. The normalized spacial score (nSPS) is 11.1. The second kappa shape index (κ2) is 6.54. The second-order valence-corrected chi connectivity index (χ2v) is 5.66. The van der Waals surface area contributed by atoms with E-state index in [4.69, 9.17) is 4.42 Å². The Hall–Kier alpha value is -3.14. The van der Waals surface area contributed by atoms with Crippen molar-refractivity contribution in [2.75, 3.05) is 5.32 Å². The van der Waals surface area contributed by atoms with Crippen LogP contribution in [0.15, 0.2) is 64.0 Å². The van der Waals surface area contributed by atoms with Crippen LogP contribution in [0.3, 0.4) is 0 Å². The molecule has 2 aromatic carbocycles. The molecule has 1 amide bonds. The standard InChI is InChI=1S/C20H17NO3/c1-13-7-9-17(14(2)11-13)21-19(22)10-8-15-12-24-18-6-4-3-5-16(18)20(15)23/h3-12H,1-2H3,(H,21,22)/b10-8+. The highest BCUT2D eigenvalue weighted by Gasteiger charge is 2.05. The lowest BCUT2D eigenvalue weighted by Gasteiger charge is -2.07. The Labute approximate surface area is 139 Å². The van der Waals surface area contributed by atoms with Crippen molar-refractivity contribution >= 4 is 28.6 Å². The van der Waals surface area contributed by atoms with E-state index in [2.05, 4.69) is 5.32 Å². The Bertz CT molecular complexity index is 999. The first-order valence-electron chi connectivity index (χ1n) is 7.61. The predicted molar refractivity (Wildman–Crippen MR) is 96.1 cm³/mol. The van der Waals surface area contributed by atoms with Crippen molar-refractivity contribution in [2.45, 2.75) is 13.8 Å². The number of aryl methyl sites for hydroxylation is 2. The molecule has 0 saturated heterocycles. The Morgan fingerprint density at radius 1 is 1.12 bits per heavy atom. The monoisotopic (exact) mass is 319 g/mol. The number of para-hydroxylation sites is 1. The maximum absolute atomic E-state index is 12.3. The molecule has 0 saturated carbocycles. The summed E-state index contributed by atoms with van der Waals surface area (Å²) in [6, 6.07) is 12.8. The lowest BCUT2D eigenvalue weighted by Crippen LogP contribution is -2.10. The Balaban J connectivity index is 1.81. The van der Waals surface area contributed by atoms with Crippen molar-refractivity contribution in [1.82, 2.24) is 0 Å². The second-order valence-electron chi connectivity index (χ2n) is 5.66. The highest BCUT2D eigenvalue weighted by Crippen LogP contribution is 2.16. The number of amides is 1. The van der Waals surface area contributed by atoms with Gasteiger partial charge in [-0.2, -0.15) is 0 Å². The first kappa shape index (κ1) is 15.7. The summed E-state index contributed by atoms with van der Waals surface area (Å²) in [6.45, 7) is 3.93. The molecule has 1 N–H and O–H groups in total. The van der Waals surface area contributed by atoms with E-state index < -0.39 is 0 Å². The number of rotatable bonds is 3. The van der Waals surface area contributed by atoms with Crippen LogP contribution in [0.2, 0.25) is 0 Å². The van der Waals surface area contributed by atoms with Gasteiger partial charge >= 0.3 is 0 Å². The van der Waals surface area contributed by atoms with Crippen LogP contribution in [0, 0.1) is 13.8 Å². The molecule has 3 rings (SSSR count). The third-order valence-corrected chi connectivity index (χ3v) is 3.76. The van der Waals surface area contributed by atoms with Gasteiger partial charge in [0.15, 0.2) is 5.43 Å². The van der Waals surface area contributed by atoms with Crippen molar-refractivity contribution < 1.29 is 9.21 Å². The van der Waals surface area contributed by atoms with Crippen LogP contribution >= 0.6 is 0 Å². The number of hydrogen-bond acceptors (Lipinski definition) is 3. The number of carbonyl (C=O) groups is 1. The minimum Gasteiger partial charge on any atom is -0.463 e. The van der Waals surface area contributed by atoms with Gasteiger partial charge in [0.1, 0.15) is 11.8 Å². The zero-order chi connectivity index (χ0) is 17.1. The predicted octanol–water partition coefficient (Wildman–Crippen LogP) is 4.06. The summed E-state index contributed by atoms with van der Waals surface area (Å²) in [7, 11) is 0. The Kier molecular flexibility index (Phi) is 4.29. The molecule has 0 unspecified atom stereocenters. The van der Waals surface area contributed by atoms with E-state index in [1.165, 1.54) is 18.4 Å². The highest BCUT2D eigenvalue weighted by molar-refractivity contribution is 6.02. The maximum atomic E-state index is 12.3. The van der Waals surface area contributed by atoms with Crippen molar-refractivity contribution in [2.24, 2.45) is 0 Å². The lowest BCUT2D eigenvalue weighted by molar-refractivity contribution is -0.111. The van der Waals surface area contributed by atoms with Crippen LogP contribution in [0.4, 0.5) is 5.69 Å². The summed E-state index contributed by atoms with van der Waals surface area (Å²) in [5.41, 5.74) is 3.58. The smallest absolute Gasteiger partial charge is 0.248 e. The van der Waals surface area contributed by atoms with E-state index in [9.17, 15) is 9.59 Å². The van der Waals surface area contributed by atoms with Gasteiger partial charge < -0.3 is 9.73 Å². The number of nitrogens with one attached hydrogen (secondary N) is 1. The van der Waals surface area contributed by atoms with E-state index in [1.807, 2.05) is 32.0 Å². The molecule has 0 aliphatic heterocycles. The van der Waals surface area contributed by atoms with E-state index in [-0.39, 0.29) is 11.3 Å². The third kappa shape index (κ3) is 3.27. The van der Waals surface area contributed by atoms with Crippen LogP contribution < -0.4 is 10.7 Å². The van der Waals surface area contributed by atoms with Gasteiger partial charge in [-0.15, -0.1) is 0 Å². The molecule has 3 aromatic rings. The molecule has 24 heavy (non-hydrogen) atoms. The van der Waals surface area contributed by atoms with Crippen molar-refractivity contribution in [3.05, 3.63) is 81.7 Å². The Morgan fingerprint density at radius 2 is 1.92 bits per heavy atom. The van der Waals surface area contributed by atoms with Crippen molar-refractivity contribution in [1.29, 1.82) is 0 Å². The summed E-state index contributed by atoms with van der Waals surface area (Å²) in [6.07, 6.45) is 4.17. The molecule has 0 spiro atoms. The number of carbonyl (C=O) groups excluding carboxylic acids is 1. The van der Waals surface area contributed by atoms with Crippen LogP contribution in [0.1, 0.15) is 16.7 Å². The highest BCUT2D eigenvalue weighted by atomic mass is 16.3. The minimum atomic E-state index is -0.297. The zero-order valence-electron chi connectivity index (χ0n) is 13.5. The van der Waals surface area contributed by atoms with E-state index in [1.54, 1.807) is 24.3 Å². The average molecular weight is 319 g/mol. The molecule has 0 aliphatic carbocycles. The van der Waals surface area contributed by atoms with Crippen LogP contribution in [-0.4, -0.2) is 5.91 Å². The SMILES string of the molecule is Cc1ccc(NC(=O)/C=C/c2coc3ccccc3c2=O)c(C)c1. The molecule has 120 valence electrons. The van der Waals surface area contributed by atoms with Gasteiger partial charge in [0, 0.05) is 11.8 Å². The van der Waals surface area contributed by atoms with Gasteiger partial charge in [-0.25, -0.2) is 0 Å². The molecular formula is C20H17NO3. The molecule has 0 aliphatic rings. The average Bonchev–Trinajstić information content (AvgIpc) is 2.57. The van der Waals surface area contributed by atoms with Crippen molar-refractivity contribution in [3.8, 4) is 0 Å². The molecule has 0 fully saturated rings. The summed E-state index contributed by atoms with van der Waals surface area (Å²) in [4.78, 5) is 24.4. The van der Waals surface area contributed by atoms with Gasteiger partial charge in [0.2, 0.25) is 5.91 Å². The fraction of sp³-hybridized carbons (Fsp3) is 0.100. The maximum Gasteiger partial charge on any atom is 0.248 e.